The van der Waals surface area contributed by atoms with Crippen molar-refractivity contribution >= 4 is 29.7 Å². The smallest absolute Gasteiger partial charge is 0.408 e. The molecule has 3 saturated heterocycles. The number of H-pyrrole nitrogens is 2. The van der Waals surface area contributed by atoms with Crippen LogP contribution in [0.4, 0.5) is 24.1 Å². The molecule has 0 spiro atoms. The molecule has 0 saturated carbocycles. The highest BCUT2D eigenvalue weighted by molar-refractivity contribution is 5.88. The van der Waals surface area contributed by atoms with Gasteiger partial charge in [0.25, 0.3) is 5.91 Å². The fraction of sp³-hybridized carbons (Fsp3) is 0.490. The first kappa shape index (κ1) is 48.0. The first-order chi connectivity index (χ1) is 32.4. The number of piperidine rings is 1. The normalized spacial score (nSPS) is 20.9. The number of alkyl carbamates (subject to hydrolysis) is 2. The number of anilines is 1. The number of amides is 4. The van der Waals surface area contributed by atoms with Gasteiger partial charge in [0.2, 0.25) is 5.91 Å². The molecular formula is C51H63F2N9O6. The first-order valence-electron chi connectivity index (χ1n) is 23.7. The third-order valence-electron chi connectivity index (χ3n) is 12.9. The quantitative estimate of drug-likeness (QED) is 0.114. The topological polar surface area (TPSA) is 178 Å². The van der Waals surface area contributed by atoms with Crippen molar-refractivity contribution in [2.45, 2.75) is 128 Å². The highest BCUT2D eigenvalue weighted by Gasteiger charge is 2.41. The number of aromatic amines is 2. The molecule has 5 heterocycles. The molecule has 362 valence electrons. The number of allylic oxidation sites excluding steroid dienone is 3. The number of benzene rings is 2. The number of likely N-dealkylation sites (tertiary alicyclic amines) is 2. The Morgan fingerprint density at radius 1 is 0.735 bits per heavy atom. The van der Waals surface area contributed by atoms with Crippen molar-refractivity contribution in [3.63, 3.8) is 0 Å². The summed E-state index contributed by atoms with van der Waals surface area (Å²) in [6, 6.07) is 9.16. The van der Waals surface area contributed by atoms with Crippen molar-refractivity contribution in [3.8, 4) is 11.3 Å². The van der Waals surface area contributed by atoms with Crippen molar-refractivity contribution in [1.29, 1.82) is 0 Å². The largest absolute Gasteiger partial charge is 0.444 e. The predicted molar refractivity (Wildman–Crippen MR) is 252 cm³/mol. The number of aromatic nitrogens is 4. The van der Waals surface area contributed by atoms with Gasteiger partial charge in [-0.1, -0.05) is 54.6 Å². The molecular weight excluding hydrogens is 873 g/mol. The van der Waals surface area contributed by atoms with E-state index in [1.165, 1.54) is 18.3 Å². The number of hydrogen-bond donors (Lipinski definition) is 4. The summed E-state index contributed by atoms with van der Waals surface area (Å²) in [4.78, 5) is 75.5. The summed E-state index contributed by atoms with van der Waals surface area (Å²) in [5, 5.41) is 5.62. The minimum absolute atomic E-state index is 0.0548. The van der Waals surface area contributed by atoms with Crippen LogP contribution < -0.4 is 15.5 Å². The van der Waals surface area contributed by atoms with Gasteiger partial charge in [0, 0.05) is 55.5 Å². The minimum atomic E-state index is -0.949. The van der Waals surface area contributed by atoms with Crippen LogP contribution in [0.15, 0.2) is 79.2 Å². The van der Waals surface area contributed by atoms with Crippen molar-refractivity contribution < 1.29 is 37.4 Å². The van der Waals surface area contributed by atoms with E-state index in [-0.39, 0.29) is 40.9 Å². The Hall–Kier alpha value is -6.52. The Morgan fingerprint density at radius 2 is 1.32 bits per heavy atom. The number of carbonyl (C=O) groups is 4. The Morgan fingerprint density at radius 3 is 1.93 bits per heavy atom. The molecule has 15 nitrogen and oxygen atoms in total. The summed E-state index contributed by atoms with van der Waals surface area (Å²) in [5.74, 6) is -0.955. The molecule has 5 unspecified atom stereocenters. The molecule has 17 heteroatoms. The molecule has 2 aromatic carbocycles. The summed E-state index contributed by atoms with van der Waals surface area (Å²) in [6.45, 7) is 12.4. The van der Waals surface area contributed by atoms with Crippen LogP contribution in [0.3, 0.4) is 0 Å². The van der Waals surface area contributed by atoms with Crippen LogP contribution in [-0.4, -0.2) is 97.2 Å². The van der Waals surface area contributed by atoms with Crippen LogP contribution in [0.2, 0.25) is 0 Å². The number of imidazole rings is 2. The lowest BCUT2D eigenvalue weighted by Gasteiger charge is -2.33. The molecule has 4 aliphatic rings. The highest BCUT2D eigenvalue weighted by atomic mass is 19.1. The number of carbonyl (C=O) groups excluding carboxylic acids is 4. The fourth-order valence-corrected chi connectivity index (χ4v) is 9.78. The molecule has 3 aliphatic heterocycles. The van der Waals surface area contributed by atoms with Crippen LogP contribution in [0.1, 0.15) is 133 Å². The van der Waals surface area contributed by atoms with Crippen molar-refractivity contribution in [1.82, 2.24) is 40.4 Å². The van der Waals surface area contributed by atoms with Gasteiger partial charge < -0.3 is 44.8 Å². The average molecular weight is 936 g/mol. The van der Waals surface area contributed by atoms with Crippen molar-refractivity contribution in [2.24, 2.45) is 5.92 Å². The Bertz CT molecular complexity index is 2500. The standard InChI is InChI=1S/C51H63F2N9O6/c1-50(2,3)67-48(65)58-41(32-15-9-7-10-16-32)46(63)61-23-13-19-39(61)44-54-29-37(56-44)31-21-25-60(26-22-31)43-35(52)27-34(28-36(43)53)38-30-55-45(57-38)40-20-14-24-62(40)47(64)42(33-17-11-8-12-18-33)59-49(66)68-51(4,5)6/h7-12,15-17,27-31,33,39-42H,13-14,18-26H2,1-6H3,(H,54,56)(H,55,57)(H,58,65)(H,59,66). The Labute approximate surface area is 396 Å². The number of halogens is 2. The maximum absolute atomic E-state index is 16.0. The highest BCUT2D eigenvalue weighted by Crippen LogP contribution is 2.39. The van der Waals surface area contributed by atoms with E-state index >= 15 is 8.78 Å². The lowest BCUT2D eigenvalue weighted by molar-refractivity contribution is -0.136. The lowest BCUT2D eigenvalue weighted by atomic mass is 9.91. The molecule has 8 rings (SSSR count). The van der Waals surface area contributed by atoms with Gasteiger partial charge in [0.15, 0.2) is 0 Å². The number of rotatable bonds is 11. The summed E-state index contributed by atoms with van der Waals surface area (Å²) >= 11 is 0. The van der Waals surface area contributed by atoms with Gasteiger partial charge in [0.1, 0.15) is 52.3 Å². The van der Waals surface area contributed by atoms with E-state index in [9.17, 15) is 19.2 Å². The van der Waals surface area contributed by atoms with E-state index < -0.39 is 53.1 Å². The number of hydrogen-bond acceptors (Lipinski definition) is 9. The van der Waals surface area contributed by atoms with Crippen LogP contribution in [-0.2, 0) is 19.1 Å². The Balaban J connectivity index is 0.905. The molecule has 68 heavy (non-hydrogen) atoms. The minimum Gasteiger partial charge on any atom is -0.444 e. The van der Waals surface area contributed by atoms with Crippen LogP contribution >= 0.6 is 0 Å². The summed E-state index contributed by atoms with van der Waals surface area (Å²) < 4.78 is 43.1. The second kappa shape index (κ2) is 20.0. The van der Waals surface area contributed by atoms with Gasteiger partial charge in [-0.05, 0) is 104 Å². The van der Waals surface area contributed by atoms with Crippen LogP contribution in [0.25, 0.3) is 11.3 Å². The zero-order valence-corrected chi connectivity index (χ0v) is 39.7. The first-order valence-corrected chi connectivity index (χ1v) is 23.7. The molecule has 4 aromatic rings. The molecule has 0 radical (unpaired) electrons. The third-order valence-corrected chi connectivity index (χ3v) is 12.9. The monoisotopic (exact) mass is 935 g/mol. The second-order valence-electron chi connectivity index (χ2n) is 20.2. The van der Waals surface area contributed by atoms with Crippen LogP contribution in [0.5, 0.6) is 0 Å². The van der Waals surface area contributed by atoms with Gasteiger partial charge >= 0.3 is 12.2 Å². The zero-order chi connectivity index (χ0) is 48.3. The van der Waals surface area contributed by atoms with Crippen LogP contribution in [0, 0.1) is 17.6 Å². The van der Waals surface area contributed by atoms with E-state index in [0.717, 1.165) is 12.1 Å². The van der Waals surface area contributed by atoms with E-state index in [1.54, 1.807) is 74.6 Å². The molecule has 2 aromatic heterocycles. The van der Waals surface area contributed by atoms with E-state index in [0.29, 0.717) is 87.6 Å². The number of nitrogens with one attached hydrogen (secondary N) is 4. The maximum Gasteiger partial charge on any atom is 0.408 e. The molecule has 3 fully saturated rings. The number of ether oxygens (including phenoxy) is 2. The summed E-state index contributed by atoms with van der Waals surface area (Å²) in [6.07, 6.45) is 14.2. The summed E-state index contributed by atoms with van der Waals surface area (Å²) in [5.41, 5.74) is 0.677. The molecule has 4 N–H and O–H groups in total. The zero-order valence-electron chi connectivity index (χ0n) is 39.7. The van der Waals surface area contributed by atoms with Crippen molar-refractivity contribution in [2.75, 3.05) is 31.1 Å². The molecule has 4 amide bonds. The Kier molecular flexibility index (Phi) is 14.1. The second-order valence-corrected chi connectivity index (χ2v) is 20.2. The van der Waals surface area contributed by atoms with Gasteiger partial charge in [-0.15, -0.1) is 0 Å². The predicted octanol–water partition coefficient (Wildman–Crippen LogP) is 9.08. The summed E-state index contributed by atoms with van der Waals surface area (Å²) in [7, 11) is 0. The lowest BCUT2D eigenvalue weighted by Crippen LogP contribution is -2.52. The van der Waals surface area contributed by atoms with Gasteiger partial charge in [-0.3, -0.25) is 9.59 Å². The SMILES string of the molecule is CC(C)(C)OC(=O)NC(C(=O)N1CCCC1c1ncc(C2CCN(c3c(F)cc(-c4cnc(C5CCCN5C(=O)C(NC(=O)OC(C)(C)C)C5C=CC=CC5)[nH]4)cc3F)CC2)[nH]1)c1ccccc1. The third kappa shape index (κ3) is 11.1. The van der Waals surface area contributed by atoms with E-state index in [1.807, 2.05) is 42.5 Å². The van der Waals surface area contributed by atoms with Crippen molar-refractivity contribution in [3.05, 3.63) is 114 Å². The van der Waals surface area contributed by atoms with E-state index in [2.05, 4.69) is 25.6 Å². The van der Waals surface area contributed by atoms with Gasteiger partial charge in [-0.25, -0.2) is 28.3 Å². The maximum atomic E-state index is 16.0. The molecule has 0 bridgehead atoms. The molecule has 1 aliphatic carbocycles. The molecule has 5 atom stereocenters. The van der Waals surface area contributed by atoms with E-state index in [4.69, 9.17) is 14.5 Å². The van der Waals surface area contributed by atoms with Gasteiger partial charge in [-0.2, -0.15) is 0 Å². The fourth-order valence-electron chi connectivity index (χ4n) is 9.78. The average Bonchev–Trinajstić information content (AvgIpc) is 4.14. The number of nitrogens with zero attached hydrogens (tertiary/aromatic N) is 5. The van der Waals surface area contributed by atoms with Gasteiger partial charge in [0.05, 0.1) is 24.0 Å².